The minimum absolute atomic E-state index is 0.113. The van der Waals surface area contributed by atoms with Crippen LogP contribution in [0.3, 0.4) is 0 Å². The van der Waals surface area contributed by atoms with Crippen molar-refractivity contribution in [3.8, 4) is 0 Å². The molecule has 6 heteroatoms. The van der Waals surface area contributed by atoms with E-state index in [4.69, 9.17) is 14.2 Å². The van der Waals surface area contributed by atoms with E-state index >= 15 is 0 Å². The van der Waals surface area contributed by atoms with E-state index in [1.807, 2.05) is 13.8 Å². The Labute approximate surface area is 141 Å². The molecular formula is C18H24O6. The van der Waals surface area contributed by atoms with E-state index in [9.17, 15) is 14.4 Å². The highest BCUT2D eigenvalue weighted by atomic mass is 16.6. The number of carbonyl (C=O) groups excluding carboxylic acids is 3. The summed E-state index contributed by atoms with van der Waals surface area (Å²) in [6.45, 7) is 9.09. The average Bonchev–Trinajstić information content (AvgIpc) is 2.84. The SMILES string of the molecule is C=C(C)C(=O)OC1(C(C)C)C2CCC3C(C(=O)OC31)C2C(=O)OC. The van der Waals surface area contributed by atoms with Gasteiger partial charge in [0.25, 0.3) is 0 Å². The Balaban J connectivity index is 2.11. The van der Waals surface area contributed by atoms with Crippen LogP contribution in [0.5, 0.6) is 0 Å². The Bertz CT molecular complexity index is 609. The molecule has 3 saturated carbocycles. The molecule has 1 aliphatic heterocycles. The zero-order chi connectivity index (χ0) is 17.8. The number of fused-ring (bicyclic) bond motifs is 1. The second-order valence-corrected chi connectivity index (χ2v) is 7.46. The monoisotopic (exact) mass is 336 g/mol. The van der Waals surface area contributed by atoms with Gasteiger partial charge in [0.2, 0.25) is 0 Å². The zero-order valence-electron chi connectivity index (χ0n) is 14.5. The van der Waals surface area contributed by atoms with Gasteiger partial charge in [-0.05, 0) is 25.7 Å². The number of methoxy groups -OCH3 is 1. The van der Waals surface area contributed by atoms with E-state index in [0.717, 1.165) is 6.42 Å². The van der Waals surface area contributed by atoms with Crippen LogP contribution in [0.25, 0.3) is 0 Å². The summed E-state index contributed by atoms with van der Waals surface area (Å²) in [4.78, 5) is 37.2. The Morgan fingerprint density at radius 1 is 1.33 bits per heavy atom. The molecule has 0 amide bonds. The fourth-order valence-electron chi connectivity index (χ4n) is 5.05. The average molecular weight is 336 g/mol. The van der Waals surface area contributed by atoms with E-state index in [2.05, 4.69) is 6.58 Å². The summed E-state index contributed by atoms with van der Waals surface area (Å²) < 4.78 is 16.5. The van der Waals surface area contributed by atoms with Crippen molar-refractivity contribution < 1.29 is 28.6 Å². The smallest absolute Gasteiger partial charge is 0.333 e. The van der Waals surface area contributed by atoms with Crippen LogP contribution in [-0.4, -0.2) is 36.7 Å². The molecule has 3 aliphatic carbocycles. The molecule has 132 valence electrons. The van der Waals surface area contributed by atoms with Gasteiger partial charge in [-0.25, -0.2) is 4.79 Å². The molecule has 0 aromatic rings. The quantitative estimate of drug-likeness (QED) is 0.443. The minimum Gasteiger partial charge on any atom is -0.469 e. The molecule has 6 atom stereocenters. The fraction of sp³-hybridized carbons (Fsp3) is 0.722. The third-order valence-electron chi connectivity index (χ3n) is 6.01. The van der Waals surface area contributed by atoms with E-state index < -0.39 is 35.5 Å². The highest BCUT2D eigenvalue weighted by Gasteiger charge is 2.73. The first-order valence-electron chi connectivity index (χ1n) is 8.42. The van der Waals surface area contributed by atoms with Crippen molar-refractivity contribution in [3.05, 3.63) is 12.2 Å². The Kier molecular flexibility index (Phi) is 3.97. The van der Waals surface area contributed by atoms with Crippen LogP contribution in [-0.2, 0) is 28.6 Å². The fourth-order valence-corrected chi connectivity index (χ4v) is 5.05. The maximum Gasteiger partial charge on any atom is 0.333 e. The lowest BCUT2D eigenvalue weighted by atomic mass is 9.50. The summed E-state index contributed by atoms with van der Waals surface area (Å²) in [6.07, 6.45) is 0.992. The Hall–Kier alpha value is -1.85. The van der Waals surface area contributed by atoms with Gasteiger partial charge in [-0.3, -0.25) is 9.59 Å². The first-order valence-corrected chi connectivity index (χ1v) is 8.42. The highest BCUT2D eigenvalue weighted by Crippen LogP contribution is 2.62. The third kappa shape index (κ3) is 2.04. The second kappa shape index (κ2) is 5.60. The molecule has 1 saturated heterocycles. The van der Waals surface area contributed by atoms with Crippen LogP contribution in [0.15, 0.2) is 12.2 Å². The maximum atomic E-state index is 12.4. The Morgan fingerprint density at radius 2 is 2.00 bits per heavy atom. The second-order valence-electron chi connectivity index (χ2n) is 7.46. The molecule has 0 N–H and O–H groups in total. The van der Waals surface area contributed by atoms with Crippen LogP contribution in [0, 0.1) is 29.6 Å². The first kappa shape index (κ1) is 17.0. The molecule has 4 aliphatic rings. The van der Waals surface area contributed by atoms with Gasteiger partial charge in [0, 0.05) is 17.4 Å². The lowest BCUT2D eigenvalue weighted by Crippen LogP contribution is -2.67. The standard InChI is InChI=1S/C18H24O6/c1-8(2)15(19)24-18(9(3)4)11-7-6-10-12(13(11)16(20)22-5)17(21)23-14(10)18/h9-14H,1,6-7H2,2-5H3. The summed E-state index contributed by atoms with van der Waals surface area (Å²) in [5.74, 6) is -2.96. The number of rotatable bonds is 4. The number of esters is 3. The molecule has 0 radical (unpaired) electrons. The van der Waals surface area contributed by atoms with Gasteiger partial charge >= 0.3 is 17.9 Å². The van der Waals surface area contributed by atoms with Crippen LogP contribution in [0.1, 0.15) is 33.6 Å². The van der Waals surface area contributed by atoms with Gasteiger partial charge < -0.3 is 14.2 Å². The number of hydrogen-bond donors (Lipinski definition) is 0. The number of ether oxygens (including phenoxy) is 3. The predicted octanol–water partition coefficient (Wildman–Crippen LogP) is 1.87. The van der Waals surface area contributed by atoms with Crippen molar-refractivity contribution in [2.24, 2.45) is 29.6 Å². The van der Waals surface area contributed by atoms with Gasteiger partial charge in [-0.2, -0.15) is 0 Å². The van der Waals surface area contributed by atoms with Gasteiger partial charge in [-0.15, -0.1) is 0 Å². The van der Waals surface area contributed by atoms with Crippen molar-refractivity contribution in [2.75, 3.05) is 7.11 Å². The van der Waals surface area contributed by atoms with Gasteiger partial charge in [0.05, 0.1) is 18.9 Å². The van der Waals surface area contributed by atoms with Crippen molar-refractivity contribution in [2.45, 2.75) is 45.3 Å². The lowest BCUT2D eigenvalue weighted by molar-refractivity contribution is -0.233. The molecule has 0 aromatic heterocycles. The van der Waals surface area contributed by atoms with Crippen LogP contribution >= 0.6 is 0 Å². The van der Waals surface area contributed by atoms with E-state index in [0.29, 0.717) is 6.42 Å². The topological polar surface area (TPSA) is 78.9 Å². The van der Waals surface area contributed by atoms with Gasteiger partial charge in [-0.1, -0.05) is 20.4 Å². The normalized spacial score (nSPS) is 39.5. The summed E-state index contributed by atoms with van der Waals surface area (Å²) in [5.41, 5.74) is -0.729. The van der Waals surface area contributed by atoms with Gasteiger partial charge in [0.1, 0.15) is 6.10 Å². The van der Waals surface area contributed by atoms with Gasteiger partial charge in [0.15, 0.2) is 5.60 Å². The van der Waals surface area contributed by atoms with Crippen LogP contribution in [0.2, 0.25) is 0 Å². The zero-order valence-corrected chi connectivity index (χ0v) is 14.5. The number of carbonyl (C=O) groups is 3. The molecule has 6 nitrogen and oxygen atoms in total. The minimum atomic E-state index is -1.01. The third-order valence-corrected chi connectivity index (χ3v) is 6.01. The maximum absolute atomic E-state index is 12.4. The molecule has 4 bridgehead atoms. The van der Waals surface area contributed by atoms with Crippen molar-refractivity contribution in [3.63, 3.8) is 0 Å². The van der Waals surface area contributed by atoms with Crippen molar-refractivity contribution >= 4 is 17.9 Å². The Morgan fingerprint density at radius 3 is 2.54 bits per heavy atom. The van der Waals surface area contributed by atoms with E-state index in [1.165, 1.54) is 7.11 Å². The van der Waals surface area contributed by atoms with Crippen LogP contribution in [0.4, 0.5) is 0 Å². The molecule has 0 aromatic carbocycles. The molecular weight excluding hydrogens is 312 g/mol. The molecule has 4 fully saturated rings. The first-order chi connectivity index (χ1) is 11.3. The molecule has 6 unspecified atom stereocenters. The van der Waals surface area contributed by atoms with Crippen LogP contribution < -0.4 is 0 Å². The molecule has 0 spiro atoms. The predicted molar refractivity (Wildman–Crippen MR) is 83.6 cm³/mol. The highest BCUT2D eigenvalue weighted by molar-refractivity contribution is 5.89. The summed E-state index contributed by atoms with van der Waals surface area (Å²) in [5, 5.41) is 0. The van der Waals surface area contributed by atoms with E-state index in [-0.39, 0.29) is 29.3 Å². The molecule has 4 rings (SSSR count). The van der Waals surface area contributed by atoms with Crippen molar-refractivity contribution in [1.82, 2.24) is 0 Å². The number of hydrogen-bond acceptors (Lipinski definition) is 6. The summed E-state index contributed by atoms with van der Waals surface area (Å²) in [6, 6.07) is 0. The largest absolute Gasteiger partial charge is 0.469 e. The summed E-state index contributed by atoms with van der Waals surface area (Å²) in [7, 11) is 1.32. The van der Waals surface area contributed by atoms with E-state index in [1.54, 1.807) is 6.92 Å². The molecule has 24 heavy (non-hydrogen) atoms. The lowest BCUT2D eigenvalue weighted by Gasteiger charge is -2.56. The van der Waals surface area contributed by atoms with Crippen molar-refractivity contribution in [1.29, 1.82) is 0 Å². The summed E-state index contributed by atoms with van der Waals surface area (Å²) >= 11 is 0. The molecule has 1 heterocycles.